The lowest BCUT2D eigenvalue weighted by Gasteiger charge is -2.22. The van der Waals surface area contributed by atoms with Crippen molar-refractivity contribution in [1.29, 1.82) is 0 Å². The number of hydrogen-bond donors (Lipinski definition) is 2. The van der Waals surface area contributed by atoms with E-state index in [1.54, 1.807) is 52.0 Å². The van der Waals surface area contributed by atoms with Crippen molar-refractivity contribution in [3.8, 4) is 0 Å². The smallest absolute Gasteiger partial charge is 0.328 e. The summed E-state index contributed by atoms with van der Waals surface area (Å²) in [5.74, 6) is -0.494. The molecule has 1 atom stereocenters. The van der Waals surface area contributed by atoms with Gasteiger partial charge in [-0.25, -0.2) is 9.59 Å². The van der Waals surface area contributed by atoms with Gasteiger partial charge in [0, 0.05) is 0 Å². The molecule has 0 aliphatic carbocycles. The molecule has 5 nitrogen and oxygen atoms in total. The number of halogens is 1. The van der Waals surface area contributed by atoms with Crippen LogP contribution in [0.2, 0.25) is 5.02 Å². The standard InChI is InChI=1S/C14H19ClN2O3/c1-9(12(18)20-14(2,3)4)16-13(19)17-11-8-6-5-7-10(11)15/h5-9H,1-4H3,(H2,16,17,19)/t9-/m0/s1. The van der Waals surface area contributed by atoms with Crippen LogP contribution in [-0.2, 0) is 9.53 Å². The average Bonchev–Trinajstić information content (AvgIpc) is 2.29. The lowest BCUT2D eigenvalue weighted by Crippen LogP contribution is -2.44. The molecule has 2 amide bonds. The summed E-state index contributed by atoms with van der Waals surface area (Å²) in [4.78, 5) is 23.5. The minimum absolute atomic E-state index is 0.424. The zero-order chi connectivity index (χ0) is 15.3. The van der Waals surface area contributed by atoms with Gasteiger partial charge in [-0.1, -0.05) is 23.7 Å². The molecule has 110 valence electrons. The monoisotopic (exact) mass is 298 g/mol. The van der Waals surface area contributed by atoms with Gasteiger partial charge >= 0.3 is 12.0 Å². The lowest BCUT2D eigenvalue weighted by molar-refractivity contribution is -0.156. The van der Waals surface area contributed by atoms with Crippen LogP contribution in [0.1, 0.15) is 27.7 Å². The number of hydrogen-bond acceptors (Lipinski definition) is 3. The summed E-state index contributed by atoms with van der Waals surface area (Å²) in [5, 5.41) is 5.49. The molecular weight excluding hydrogens is 280 g/mol. The number of anilines is 1. The molecule has 6 heteroatoms. The van der Waals surface area contributed by atoms with Crippen molar-refractivity contribution in [3.63, 3.8) is 0 Å². The van der Waals surface area contributed by atoms with Gasteiger partial charge in [-0.05, 0) is 39.8 Å². The van der Waals surface area contributed by atoms with E-state index in [9.17, 15) is 9.59 Å². The van der Waals surface area contributed by atoms with Gasteiger partial charge in [0.05, 0.1) is 10.7 Å². The van der Waals surface area contributed by atoms with E-state index in [2.05, 4.69) is 10.6 Å². The molecule has 0 bridgehead atoms. The molecule has 0 saturated carbocycles. The van der Waals surface area contributed by atoms with Gasteiger partial charge in [0.1, 0.15) is 11.6 Å². The third-order valence-electron chi connectivity index (χ3n) is 2.23. The minimum atomic E-state index is -0.753. The SMILES string of the molecule is C[C@H](NC(=O)Nc1ccccc1Cl)C(=O)OC(C)(C)C. The van der Waals surface area contributed by atoms with Crippen LogP contribution in [-0.4, -0.2) is 23.6 Å². The maximum Gasteiger partial charge on any atom is 0.328 e. The van der Waals surface area contributed by atoms with Crippen LogP contribution in [0.3, 0.4) is 0 Å². The maximum absolute atomic E-state index is 11.8. The van der Waals surface area contributed by atoms with E-state index in [0.29, 0.717) is 10.7 Å². The Morgan fingerprint density at radius 1 is 1.25 bits per heavy atom. The molecule has 1 aromatic carbocycles. The number of para-hydroxylation sites is 1. The molecular formula is C14H19ClN2O3. The van der Waals surface area contributed by atoms with E-state index in [1.165, 1.54) is 0 Å². The van der Waals surface area contributed by atoms with Gasteiger partial charge in [-0.3, -0.25) is 0 Å². The van der Waals surface area contributed by atoms with Crippen LogP contribution >= 0.6 is 11.6 Å². The van der Waals surface area contributed by atoms with Crippen LogP contribution in [0, 0.1) is 0 Å². The molecule has 20 heavy (non-hydrogen) atoms. The number of ether oxygens (including phenoxy) is 1. The summed E-state index contributed by atoms with van der Waals surface area (Å²) in [6.45, 7) is 6.85. The Hall–Kier alpha value is -1.75. The fourth-order valence-corrected chi connectivity index (χ4v) is 1.55. The van der Waals surface area contributed by atoms with Crippen molar-refractivity contribution in [3.05, 3.63) is 29.3 Å². The largest absolute Gasteiger partial charge is 0.458 e. The van der Waals surface area contributed by atoms with Crippen molar-refractivity contribution < 1.29 is 14.3 Å². The maximum atomic E-state index is 11.8. The Bertz CT molecular complexity index is 497. The summed E-state index contributed by atoms with van der Waals surface area (Å²) in [6.07, 6.45) is 0. The Balaban J connectivity index is 2.54. The summed E-state index contributed by atoms with van der Waals surface area (Å²) in [6, 6.07) is 5.57. The molecule has 0 spiro atoms. The number of benzene rings is 1. The minimum Gasteiger partial charge on any atom is -0.458 e. The molecule has 2 N–H and O–H groups in total. The molecule has 1 rings (SSSR count). The van der Waals surface area contributed by atoms with Gasteiger partial charge in [-0.2, -0.15) is 0 Å². The van der Waals surface area contributed by atoms with Crippen molar-refractivity contribution >= 4 is 29.3 Å². The highest BCUT2D eigenvalue weighted by atomic mass is 35.5. The van der Waals surface area contributed by atoms with Crippen molar-refractivity contribution in [2.24, 2.45) is 0 Å². The molecule has 0 unspecified atom stereocenters. The van der Waals surface area contributed by atoms with Gasteiger partial charge in [0.2, 0.25) is 0 Å². The molecule has 0 aliphatic heterocycles. The second kappa shape index (κ2) is 6.61. The third kappa shape index (κ3) is 5.48. The Kier molecular flexibility index (Phi) is 5.39. The Morgan fingerprint density at radius 3 is 2.40 bits per heavy atom. The summed E-state index contributed by atoms with van der Waals surface area (Å²) in [5.41, 5.74) is -0.116. The molecule has 0 fully saturated rings. The predicted molar refractivity (Wildman–Crippen MR) is 78.9 cm³/mol. The summed E-state index contributed by atoms with van der Waals surface area (Å²) in [7, 11) is 0. The van der Waals surface area contributed by atoms with E-state index in [0.717, 1.165) is 0 Å². The third-order valence-corrected chi connectivity index (χ3v) is 2.56. The van der Waals surface area contributed by atoms with Crippen molar-refractivity contribution in [2.45, 2.75) is 39.3 Å². The second-order valence-corrected chi connectivity index (χ2v) is 5.74. The summed E-state index contributed by atoms with van der Waals surface area (Å²) >= 11 is 5.92. The quantitative estimate of drug-likeness (QED) is 0.842. The van der Waals surface area contributed by atoms with Crippen LogP contribution in [0.15, 0.2) is 24.3 Å². The van der Waals surface area contributed by atoms with E-state index in [4.69, 9.17) is 16.3 Å². The molecule has 0 aromatic heterocycles. The van der Waals surface area contributed by atoms with Gasteiger partial charge in [0.25, 0.3) is 0 Å². The van der Waals surface area contributed by atoms with E-state index in [-0.39, 0.29) is 0 Å². The molecule has 0 aliphatic rings. The number of urea groups is 1. The van der Waals surface area contributed by atoms with Gasteiger partial charge in [-0.15, -0.1) is 0 Å². The fourth-order valence-electron chi connectivity index (χ4n) is 1.37. The van der Waals surface area contributed by atoms with E-state index < -0.39 is 23.6 Å². The first-order valence-electron chi connectivity index (χ1n) is 6.24. The van der Waals surface area contributed by atoms with Crippen molar-refractivity contribution in [1.82, 2.24) is 5.32 Å². The van der Waals surface area contributed by atoms with Crippen LogP contribution in [0.4, 0.5) is 10.5 Å². The zero-order valence-corrected chi connectivity index (χ0v) is 12.7. The molecule has 0 saturated heterocycles. The first-order chi connectivity index (χ1) is 9.19. The molecule has 0 heterocycles. The topological polar surface area (TPSA) is 67.4 Å². The Labute approximate surface area is 123 Å². The van der Waals surface area contributed by atoms with E-state index >= 15 is 0 Å². The average molecular weight is 299 g/mol. The normalized spacial score (nSPS) is 12.4. The van der Waals surface area contributed by atoms with Crippen LogP contribution in [0.25, 0.3) is 0 Å². The first-order valence-corrected chi connectivity index (χ1v) is 6.62. The predicted octanol–water partition coefficient (Wildman–Crippen LogP) is 3.19. The number of carbonyl (C=O) groups excluding carboxylic acids is 2. The number of nitrogens with one attached hydrogen (secondary N) is 2. The highest BCUT2D eigenvalue weighted by molar-refractivity contribution is 6.33. The van der Waals surface area contributed by atoms with Gasteiger partial charge < -0.3 is 15.4 Å². The Morgan fingerprint density at radius 2 is 1.85 bits per heavy atom. The number of carbonyl (C=O) groups is 2. The lowest BCUT2D eigenvalue weighted by atomic mass is 10.2. The fraction of sp³-hybridized carbons (Fsp3) is 0.429. The number of rotatable bonds is 3. The molecule has 0 radical (unpaired) electrons. The summed E-state index contributed by atoms with van der Waals surface area (Å²) < 4.78 is 5.17. The van der Waals surface area contributed by atoms with Crippen LogP contribution in [0.5, 0.6) is 0 Å². The van der Waals surface area contributed by atoms with E-state index in [1.807, 2.05) is 0 Å². The number of esters is 1. The van der Waals surface area contributed by atoms with Crippen LogP contribution < -0.4 is 10.6 Å². The zero-order valence-electron chi connectivity index (χ0n) is 12.0. The first kappa shape index (κ1) is 16.3. The highest BCUT2D eigenvalue weighted by Gasteiger charge is 2.23. The van der Waals surface area contributed by atoms with Gasteiger partial charge in [0.15, 0.2) is 0 Å². The molecule has 1 aromatic rings. The second-order valence-electron chi connectivity index (χ2n) is 5.33. The van der Waals surface area contributed by atoms with Crippen molar-refractivity contribution in [2.75, 3.05) is 5.32 Å². The number of amides is 2. The highest BCUT2D eigenvalue weighted by Crippen LogP contribution is 2.20.